The van der Waals surface area contributed by atoms with E-state index in [9.17, 15) is 14.4 Å². The standard InChI is InChI=1S/C16H20ClN3O4/c1-3-6-24-13-5-4-12(17)7-11(13)8-18-14(21)9-20-15(22)10-19(2)16(20)23/h4-5,7H,3,6,8-10H2,1-2H3,(H,18,21). The first-order chi connectivity index (χ1) is 11.4. The maximum absolute atomic E-state index is 12.0. The van der Waals surface area contributed by atoms with Gasteiger partial charge < -0.3 is 15.0 Å². The van der Waals surface area contributed by atoms with Crippen LogP contribution in [0.15, 0.2) is 18.2 Å². The highest BCUT2D eigenvalue weighted by molar-refractivity contribution is 6.30. The molecule has 7 nitrogen and oxygen atoms in total. The van der Waals surface area contributed by atoms with E-state index in [0.29, 0.717) is 17.4 Å². The van der Waals surface area contributed by atoms with Gasteiger partial charge >= 0.3 is 6.03 Å². The van der Waals surface area contributed by atoms with Crippen LogP contribution in [0.3, 0.4) is 0 Å². The van der Waals surface area contributed by atoms with Gasteiger partial charge in [-0.25, -0.2) is 4.79 Å². The minimum Gasteiger partial charge on any atom is -0.493 e. The zero-order valence-corrected chi connectivity index (χ0v) is 14.4. The minimum absolute atomic E-state index is 0.00455. The Balaban J connectivity index is 1.95. The predicted octanol–water partition coefficient (Wildman–Crippen LogP) is 1.64. The molecule has 4 amide bonds. The fourth-order valence-corrected chi connectivity index (χ4v) is 2.45. The van der Waals surface area contributed by atoms with Crippen LogP contribution in [-0.4, -0.2) is 54.4 Å². The van der Waals surface area contributed by atoms with Crippen molar-refractivity contribution in [3.63, 3.8) is 0 Å². The van der Waals surface area contributed by atoms with Gasteiger partial charge in [0, 0.05) is 24.2 Å². The fraction of sp³-hybridized carbons (Fsp3) is 0.438. The topological polar surface area (TPSA) is 79.0 Å². The number of rotatable bonds is 7. The lowest BCUT2D eigenvalue weighted by atomic mass is 10.2. The Kier molecular flexibility index (Phi) is 6.03. The molecule has 1 heterocycles. The van der Waals surface area contributed by atoms with Crippen molar-refractivity contribution in [2.24, 2.45) is 0 Å². The first kappa shape index (κ1) is 18.1. The maximum atomic E-state index is 12.0. The van der Waals surface area contributed by atoms with Crippen molar-refractivity contribution in [1.82, 2.24) is 15.1 Å². The average Bonchev–Trinajstić information content (AvgIpc) is 2.78. The number of benzene rings is 1. The molecule has 0 aliphatic carbocycles. The third-order valence-corrected chi connectivity index (χ3v) is 3.73. The Morgan fingerprint density at radius 2 is 2.12 bits per heavy atom. The fourth-order valence-electron chi connectivity index (χ4n) is 2.26. The van der Waals surface area contributed by atoms with Crippen molar-refractivity contribution in [2.75, 3.05) is 26.7 Å². The first-order valence-corrected chi connectivity index (χ1v) is 8.03. The largest absolute Gasteiger partial charge is 0.493 e. The lowest BCUT2D eigenvalue weighted by Crippen LogP contribution is -2.40. The van der Waals surface area contributed by atoms with Crippen LogP contribution >= 0.6 is 11.6 Å². The molecule has 1 aromatic carbocycles. The Hall–Kier alpha value is -2.28. The summed E-state index contributed by atoms with van der Waals surface area (Å²) in [7, 11) is 1.52. The number of urea groups is 1. The molecule has 1 aliphatic rings. The summed E-state index contributed by atoms with van der Waals surface area (Å²) >= 11 is 5.99. The van der Waals surface area contributed by atoms with E-state index < -0.39 is 11.9 Å². The summed E-state index contributed by atoms with van der Waals surface area (Å²) in [5, 5.41) is 3.22. The van der Waals surface area contributed by atoms with Crippen molar-refractivity contribution >= 4 is 29.4 Å². The van der Waals surface area contributed by atoms with Gasteiger partial charge in [0.2, 0.25) is 5.91 Å². The lowest BCUT2D eigenvalue weighted by molar-refractivity contribution is -0.130. The van der Waals surface area contributed by atoms with E-state index in [1.165, 1.54) is 11.9 Å². The lowest BCUT2D eigenvalue weighted by Gasteiger charge is -2.15. The SMILES string of the molecule is CCCOc1ccc(Cl)cc1CNC(=O)CN1C(=O)CN(C)C1=O. The van der Waals surface area contributed by atoms with Crippen molar-refractivity contribution in [1.29, 1.82) is 0 Å². The molecule has 1 aliphatic heterocycles. The van der Waals surface area contributed by atoms with Gasteiger partial charge in [-0.15, -0.1) is 0 Å². The normalized spacial score (nSPS) is 14.3. The molecule has 0 spiro atoms. The van der Waals surface area contributed by atoms with Crippen molar-refractivity contribution in [3.05, 3.63) is 28.8 Å². The molecule has 1 aromatic rings. The summed E-state index contributed by atoms with van der Waals surface area (Å²) in [6.45, 7) is 2.46. The van der Waals surface area contributed by atoms with Crippen molar-refractivity contribution in [3.8, 4) is 5.75 Å². The van der Waals surface area contributed by atoms with E-state index in [4.69, 9.17) is 16.3 Å². The summed E-state index contributed by atoms with van der Waals surface area (Å²) in [5.74, 6) is -0.157. The number of ether oxygens (including phenoxy) is 1. The molecule has 1 N–H and O–H groups in total. The van der Waals surface area contributed by atoms with Gasteiger partial charge in [-0.2, -0.15) is 0 Å². The van der Waals surface area contributed by atoms with Crippen LogP contribution in [0.5, 0.6) is 5.75 Å². The Morgan fingerprint density at radius 3 is 2.75 bits per heavy atom. The first-order valence-electron chi connectivity index (χ1n) is 7.65. The van der Waals surface area contributed by atoms with Gasteiger partial charge in [0.15, 0.2) is 0 Å². The highest BCUT2D eigenvalue weighted by atomic mass is 35.5. The van der Waals surface area contributed by atoms with E-state index in [0.717, 1.165) is 16.9 Å². The summed E-state index contributed by atoms with van der Waals surface area (Å²) < 4.78 is 5.62. The molecule has 0 bridgehead atoms. The number of nitrogens with zero attached hydrogens (tertiary/aromatic N) is 2. The van der Waals surface area contributed by atoms with Crippen LogP contribution in [-0.2, 0) is 16.1 Å². The number of halogens is 1. The van der Waals surface area contributed by atoms with Gasteiger partial charge in [0.05, 0.1) is 6.61 Å². The molecular weight excluding hydrogens is 334 g/mol. The molecule has 1 saturated heterocycles. The molecule has 0 aromatic heterocycles. The third-order valence-electron chi connectivity index (χ3n) is 3.49. The van der Waals surface area contributed by atoms with E-state index >= 15 is 0 Å². The van der Waals surface area contributed by atoms with Gasteiger partial charge in [-0.05, 0) is 24.6 Å². The smallest absolute Gasteiger partial charge is 0.327 e. The third kappa shape index (κ3) is 4.38. The van der Waals surface area contributed by atoms with E-state index in [1.807, 2.05) is 6.92 Å². The number of likely N-dealkylation sites (N-methyl/N-ethyl adjacent to an activating group) is 1. The van der Waals surface area contributed by atoms with Crippen molar-refractivity contribution in [2.45, 2.75) is 19.9 Å². The van der Waals surface area contributed by atoms with Gasteiger partial charge in [0.1, 0.15) is 18.8 Å². The number of imide groups is 1. The van der Waals surface area contributed by atoms with E-state index in [-0.39, 0.29) is 25.5 Å². The second-order valence-corrected chi connectivity index (χ2v) is 5.93. The predicted molar refractivity (Wildman–Crippen MR) is 88.8 cm³/mol. The summed E-state index contributed by atoms with van der Waals surface area (Å²) in [6.07, 6.45) is 0.862. The highest BCUT2D eigenvalue weighted by Crippen LogP contribution is 2.23. The Labute approximate surface area is 145 Å². The molecule has 0 saturated carbocycles. The summed E-state index contributed by atoms with van der Waals surface area (Å²) in [4.78, 5) is 37.7. The number of amides is 4. The maximum Gasteiger partial charge on any atom is 0.327 e. The summed E-state index contributed by atoms with van der Waals surface area (Å²) in [5.41, 5.74) is 0.737. The number of hydrogen-bond donors (Lipinski definition) is 1. The zero-order chi connectivity index (χ0) is 17.7. The van der Waals surface area contributed by atoms with Crippen LogP contribution in [0, 0.1) is 0 Å². The second kappa shape index (κ2) is 8.01. The van der Waals surface area contributed by atoms with Crippen LogP contribution in [0.1, 0.15) is 18.9 Å². The quantitative estimate of drug-likeness (QED) is 0.756. The summed E-state index contributed by atoms with van der Waals surface area (Å²) in [6, 6.07) is 4.72. The van der Waals surface area contributed by atoms with E-state index in [2.05, 4.69) is 5.32 Å². The monoisotopic (exact) mass is 353 g/mol. The Bertz CT molecular complexity index is 650. The van der Waals surface area contributed by atoms with Crippen LogP contribution in [0.25, 0.3) is 0 Å². The highest BCUT2D eigenvalue weighted by Gasteiger charge is 2.34. The molecule has 8 heteroatoms. The molecule has 0 unspecified atom stereocenters. The number of hydrogen-bond acceptors (Lipinski definition) is 4. The molecule has 2 rings (SSSR count). The van der Waals surface area contributed by atoms with Gasteiger partial charge in [0.25, 0.3) is 5.91 Å². The number of carbonyl (C=O) groups is 3. The second-order valence-electron chi connectivity index (χ2n) is 5.50. The molecule has 1 fully saturated rings. The zero-order valence-electron chi connectivity index (χ0n) is 13.7. The van der Waals surface area contributed by atoms with Crippen molar-refractivity contribution < 1.29 is 19.1 Å². The minimum atomic E-state index is -0.468. The molecule has 0 atom stereocenters. The van der Waals surface area contributed by atoms with E-state index in [1.54, 1.807) is 18.2 Å². The molecule has 24 heavy (non-hydrogen) atoms. The molecular formula is C16H20ClN3O4. The van der Waals surface area contributed by atoms with Crippen LogP contribution < -0.4 is 10.1 Å². The molecule has 0 radical (unpaired) electrons. The van der Waals surface area contributed by atoms with Gasteiger partial charge in [-0.1, -0.05) is 18.5 Å². The number of carbonyl (C=O) groups excluding carboxylic acids is 3. The van der Waals surface area contributed by atoms with Crippen LogP contribution in [0.4, 0.5) is 4.79 Å². The number of nitrogens with one attached hydrogen (secondary N) is 1. The van der Waals surface area contributed by atoms with Gasteiger partial charge in [-0.3, -0.25) is 14.5 Å². The Morgan fingerprint density at radius 1 is 1.38 bits per heavy atom. The average molecular weight is 354 g/mol. The van der Waals surface area contributed by atoms with Crippen LogP contribution in [0.2, 0.25) is 5.02 Å². The molecule has 130 valence electrons.